The summed E-state index contributed by atoms with van der Waals surface area (Å²) >= 11 is 0. The van der Waals surface area contributed by atoms with Crippen molar-refractivity contribution in [3.05, 3.63) is 94.9 Å². The number of amides is 1. The van der Waals surface area contributed by atoms with Crippen LogP contribution in [-0.2, 0) is 18.4 Å². The Balaban J connectivity index is 1.66. The predicted molar refractivity (Wildman–Crippen MR) is 106 cm³/mol. The van der Waals surface area contributed by atoms with Crippen molar-refractivity contribution in [2.45, 2.75) is 12.6 Å². The van der Waals surface area contributed by atoms with Gasteiger partial charge in [0.25, 0.3) is 5.56 Å². The minimum absolute atomic E-state index is 0.102. The lowest BCUT2D eigenvalue weighted by molar-refractivity contribution is -0.122. The Hall–Kier alpha value is -3.74. The molecule has 0 aliphatic carbocycles. The molecule has 28 heavy (non-hydrogen) atoms. The van der Waals surface area contributed by atoms with E-state index in [1.165, 1.54) is 10.8 Å². The zero-order chi connectivity index (χ0) is 19.5. The summed E-state index contributed by atoms with van der Waals surface area (Å²) in [5.74, 6) is 0.432. The predicted octanol–water partition coefficient (Wildman–Crippen LogP) is 2.04. The molecule has 0 aliphatic rings. The molecule has 0 saturated heterocycles. The first-order valence-electron chi connectivity index (χ1n) is 8.89. The standard InChI is InChI=1S/C21H19N5O2/c1-25-12-11-22-21(25)20(15-7-3-2-4-8-15)24-18(27)14-26-17-10-6-5-9-16(17)23-13-19(26)28/h2-13,20H,14H2,1H3,(H,24,27)/t20-/m0/s1. The van der Waals surface area contributed by atoms with Gasteiger partial charge in [-0.1, -0.05) is 42.5 Å². The van der Waals surface area contributed by atoms with E-state index in [1.807, 2.05) is 66.3 Å². The Kier molecular flexibility index (Phi) is 4.72. The highest BCUT2D eigenvalue weighted by Gasteiger charge is 2.21. The van der Waals surface area contributed by atoms with Crippen LogP contribution in [0.1, 0.15) is 17.4 Å². The van der Waals surface area contributed by atoms with E-state index in [0.717, 1.165) is 5.56 Å². The van der Waals surface area contributed by atoms with E-state index in [2.05, 4.69) is 15.3 Å². The van der Waals surface area contributed by atoms with Gasteiger partial charge in [-0.2, -0.15) is 0 Å². The maximum atomic E-state index is 12.9. The molecular formula is C21H19N5O2. The van der Waals surface area contributed by atoms with Crippen molar-refractivity contribution >= 4 is 16.9 Å². The third-order valence-corrected chi connectivity index (χ3v) is 4.61. The fourth-order valence-corrected chi connectivity index (χ4v) is 3.23. The van der Waals surface area contributed by atoms with Gasteiger partial charge in [0.1, 0.15) is 18.4 Å². The summed E-state index contributed by atoms with van der Waals surface area (Å²) in [5, 5.41) is 3.01. The number of para-hydroxylation sites is 2. The lowest BCUT2D eigenvalue weighted by Gasteiger charge is -2.20. The summed E-state index contributed by atoms with van der Waals surface area (Å²) in [6, 6.07) is 16.5. The molecule has 0 radical (unpaired) electrons. The van der Waals surface area contributed by atoms with Crippen molar-refractivity contribution in [1.82, 2.24) is 24.4 Å². The number of carbonyl (C=O) groups excluding carboxylic acids is 1. The second-order valence-electron chi connectivity index (χ2n) is 6.48. The lowest BCUT2D eigenvalue weighted by atomic mass is 10.1. The molecule has 2 heterocycles. The molecule has 4 aromatic rings. The summed E-state index contributed by atoms with van der Waals surface area (Å²) in [7, 11) is 1.88. The molecule has 2 aromatic carbocycles. The van der Waals surface area contributed by atoms with Crippen LogP contribution >= 0.6 is 0 Å². The molecule has 7 nitrogen and oxygen atoms in total. The molecule has 140 valence electrons. The van der Waals surface area contributed by atoms with Gasteiger partial charge in [-0.3, -0.25) is 14.2 Å². The zero-order valence-electron chi connectivity index (χ0n) is 15.3. The molecule has 0 unspecified atom stereocenters. The Bertz CT molecular complexity index is 1180. The fraction of sp³-hybridized carbons (Fsp3) is 0.143. The van der Waals surface area contributed by atoms with Gasteiger partial charge < -0.3 is 9.88 Å². The van der Waals surface area contributed by atoms with Crippen LogP contribution < -0.4 is 10.9 Å². The molecule has 1 N–H and O–H groups in total. The van der Waals surface area contributed by atoms with Crippen molar-refractivity contribution in [3.63, 3.8) is 0 Å². The molecule has 7 heteroatoms. The maximum Gasteiger partial charge on any atom is 0.269 e. The van der Waals surface area contributed by atoms with Crippen LogP contribution in [0.5, 0.6) is 0 Å². The number of nitrogens with zero attached hydrogens (tertiary/aromatic N) is 4. The Labute approximate surface area is 161 Å². The fourth-order valence-electron chi connectivity index (χ4n) is 3.23. The van der Waals surface area contributed by atoms with E-state index in [-0.39, 0.29) is 18.0 Å². The first-order valence-corrected chi connectivity index (χ1v) is 8.89. The van der Waals surface area contributed by atoms with Crippen LogP contribution in [0.25, 0.3) is 11.0 Å². The normalized spacial score (nSPS) is 12.0. The van der Waals surface area contributed by atoms with E-state index in [9.17, 15) is 9.59 Å². The first kappa shape index (κ1) is 17.7. The quantitative estimate of drug-likeness (QED) is 0.580. The minimum Gasteiger partial charge on any atom is -0.341 e. The van der Waals surface area contributed by atoms with Crippen LogP contribution in [0.4, 0.5) is 0 Å². The molecule has 0 aliphatic heterocycles. The second kappa shape index (κ2) is 7.48. The number of hydrogen-bond acceptors (Lipinski definition) is 4. The van der Waals surface area contributed by atoms with Crippen molar-refractivity contribution < 1.29 is 4.79 Å². The average molecular weight is 373 g/mol. The highest BCUT2D eigenvalue weighted by atomic mass is 16.2. The number of aryl methyl sites for hydroxylation is 1. The molecule has 0 fully saturated rings. The number of carbonyl (C=O) groups is 1. The van der Waals surface area contributed by atoms with Gasteiger partial charge in [0.15, 0.2) is 0 Å². The smallest absolute Gasteiger partial charge is 0.269 e. The van der Waals surface area contributed by atoms with E-state index in [4.69, 9.17) is 0 Å². The van der Waals surface area contributed by atoms with Gasteiger partial charge in [-0.15, -0.1) is 0 Å². The SMILES string of the molecule is Cn1ccnc1[C@@H](NC(=O)Cn1c(=O)cnc2ccccc21)c1ccccc1. The molecule has 0 spiro atoms. The zero-order valence-corrected chi connectivity index (χ0v) is 15.3. The van der Waals surface area contributed by atoms with Gasteiger partial charge in [-0.05, 0) is 17.7 Å². The largest absolute Gasteiger partial charge is 0.341 e. The number of nitrogens with one attached hydrogen (secondary N) is 1. The van der Waals surface area contributed by atoms with Gasteiger partial charge >= 0.3 is 0 Å². The molecule has 2 aromatic heterocycles. The van der Waals surface area contributed by atoms with Crippen molar-refractivity contribution in [1.29, 1.82) is 0 Å². The van der Waals surface area contributed by atoms with E-state index in [1.54, 1.807) is 12.3 Å². The van der Waals surface area contributed by atoms with Gasteiger partial charge in [0.2, 0.25) is 5.91 Å². The third kappa shape index (κ3) is 3.42. The average Bonchev–Trinajstić information content (AvgIpc) is 3.14. The monoisotopic (exact) mass is 373 g/mol. The summed E-state index contributed by atoms with van der Waals surface area (Å²) in [6.07, 6.45) is 4.76. The number of imidazole rings is 1. The Morgan fingerprint density at radius 2 is 1.82 bits per heavy atom. The third-order valence-electron chi connectivity index (χ3n) is 4.61. The number of rotatable bonds is 5. The van der Waals surface area contributed by atoms with E-state index < -0.39 is 6.04 Å². The minimum atomic E-state index is -0.419. The van der Waals surface area contributed by atoms with Crippen molar-refractivity contribution in [3.8, 4) is 0 Å². The summed E-state index contributed by atoms with van der Waals surface area (Å²) in [4.78, 5) is 33.7. The maximum absolute atomic E-state index is 12.9. The van der Waals surface area contributed by atoms with Crippen molar-refractivity contribution in [2.75, 3.05) is 0 Å². The van der Waals surface area contributed by atoms with Crippen LogP contribution in [0.2, 0.25) is 0 Å². The number of hydrogen-bond donors (Lipinski definition) is 1. The van der Waals surface area contributed by atoms with Gasteiger partial charge in [0.05, 0.1) is 17.2 Å². The lowest BCUT2D eigenvalue weighted by Crippen LogP contribution is -2.36. The Morgan fingerprint density at radius 3 is 2.57 bits per heavy atom. The molecule has 0 saturated carbocycles. The van der Waals surface area contributed by atoms with E-state index >= 15 is 0 Å². The highest BCUT2D eigenvalue weighted by molar-refractivity contribution is 5.80. The highest BCUT2D eigenvalue weighted by Crippen LogP contribution is 2.20. The molecule has 4 rings (SSSR count). The second-order valence-corrected chi connectivity index (χ2v) is 6.48. The topological polar surface area (TPSA) is 81.8 Å². The van der Waals surface area contributed by atoms with Crippen LogP contribution in [0.15, 0.2) is 78.0 Å². The summed E-state index contributed by atoms with van der Waals surface area (Å²) < 4.78 is 3.30. The summed E-state index contributed by atoms with van der Waals surface area (Å²) in [5.41, 5.74) is 1.89. The van der Waals surface area contributed by atoms with Crippen LogP contribution in [0, 0.1) is 0 Å². The summed E-state index contributed by atoms with van der Waals surface area (Å²) in [6.45, 7) is -0.102. The number of fused-ring (bicyclic) bond motifs is 1. The van der Waals surface area contributed by atoms with Crippen LogP contribution in [-0.4, -0.2) is 25.0 Å². The first-order chi connectivity index (χ1) is 13.6. The number of aromatic nitrogens is 4. The van der Waals surface area contributed by atoms with Crippen LogP contribution in [0.3, 0.4) is 0 Å². The Morgan fingerprint density at radius 1 is 1.07 bits per heavy atom. The van der Waals surface area contributed by atoms with Gasteiger partial charge in [0, 0.05) is 19.4 Å². The number of benzene rings is 2. The van der Waals surface area contributed by atoms with E-state index in [0.29, 0.717) is 16.9 Å². The molecule has 1 amide bonds. The molecule has 0 bridgehead atoms. The van der Waals surface area contributed by atoms with Gasteiger partial charge in [-0.25, -0.2) is 9.97 Å². The molecular weight excluding hydrogens is 354 g/mol. The molecule has 1 atom stereocenters. The van der Waals surface area contributed by atoms with Crippen molar-refractivity contribution in [2.24, 2.45) is 7.05 Å².